The van der Waals surface area contributed by atoms with E-state index in [-0.39, 0.29) is 11.5 Å². The van der Waals surface area contributed by atoms with Crippen LogP contribution in [0.2, 0.25) is 0 Å². The monoisotopic (exact) mass is 262 g/mol. The van der Waals surface area contributed by atoms with E-state index in [1.165, 1.54) is 17.7 Å². The summed E-state index contributed by atoms with van der Waals surface area (Å²) in [4.78, 5) is 1.32. The molecule has 1 aromatic carbocycles. The molecule has 98 valence electrons. The van der Waals surface area contributed by atoms with E-state index < -0.39 is 0 Å². The second-order valence-corrected chi connectivity index (χ2v) is 7.52. The molecule has 1 aromatic rings. The van der Waals surface area contributed by atoms with Crippen LogP contribution in [0.3, 0.4) is 0 Å². The van der Waals surface area contributed by atoms with E-state index in [1.54, 1.807) is 0 Å². The summed E-state index contributed by atoms with van der Waals surface area (Å²) in [5, 5.41) is 10.5. The van der Waals surface area contributed by atoms with Crippen molar-refractivity contribution in [1.82, 2.24) is 0 Å². The Balaban J connectivity index is 1.79. The van der Waals surface area contributed by atoms with Gasteiger partial charge in [-0.15, -0.1) is 11.8 Å². The van der Waals surface area contributed by atoms with Crippen molar-refractivity contribution in [2.45, 2.75) is 44.1 Å². The third-order valence-electron chi connectivity index (χ3n) is 5.63. The van der Waals surface area contributed by atoms with Crippen LogP contribution in [0, 0.1) is 16.7 Å². The van der Waals surface area contributed by atoms with Gasteiger partial charge >= 0.3 is 0 Å². The van der Waals surface area contributed by atoms with E-state index in [0.717, 1.165) is 18.1 Å². The first kappa shape index (κ1) is 12.6. The van der Waals surface area contributed by atoms with Crippen LogP contribution in [-0.4, -0.2) is 17.0 Å². The van der Waals surface area contributed by atoms with Crippen LogP contribution < -0.4 is 0 Å². The molecule has 1 nitrogen and oxygen atoms in total. The number of aliphatic hydroxyl groups excluding tert-OH is 1. The molecule has 0 aromatic heterocycles. The number of benzene rings is 1. The first-order valence-corrected chi connectivity index (χ1v) is 7.91. The average Bonchev–Trinajstić information content (AvgIpc) is 2.72. The second-order valence-electron chi connectivity index (χ2n) is 6.47. The number of hydrogen-bond acceptors (Lipinski definition) is 2. The number of aliphatic hydroxyl groups is 1. The number of thioether (sulfide) groups is 1. The molecule has 0 radical (unpaired) electrons. The molecular weight excluding hydrogens is 240 g/mol. The van der Waals surface area contributed by atoms with Gasteiger partial charge in [-0.1, -0.05) is 32.0 Å². The van der Waals surface area contributed by atoms with E-state index in [0.29, 0.717) is 5.41 Å². The Hall–Kier alpha value is -0.470. The molecule has 0 spiro atoms. The molecule has 2 fully saturated rings. The van der Waals surface area contributed by atoms with Crippen molar-refractivity contribution >= 4 is 11.8 Å². The van der Waals surface area contributed by atoms with Crippen LogP contribution >= 0.6 is 11.8 Å². The topological polar surface area (TPSA) is 20.2 Å². The Morgan fingerprint density at radius 3 is 2.56 bits per heavy atom. The zero-order valence-corrected chi connectivity index (χ0v) is 12.0. The van der Waals surface area contributed by atoms with Crippen LogP contribution in [0.25, 0.3) is 0 Å². The van der Waals surface area contributed by atoms with Crippen molar-refractivity contribution in [3.05, 3.63) is 30.3 Å². The molecule has 2 aliphatic carbocycles. The fourth-order valence-electron chi connectivity index (χ4n) is 4.11. The van der Waals surface area contributed by atoms with Crippen molar-refractivity contribution < 1.29 is 5.11 Å². The van der Waals surface area contributed by atoms with Crippen molar-refractivity contribution in [3.63, 3.8) is 0 Å². The zero-order chi connectivity index (χ0) is 12.8. The highest BCUT2D eigenvalue weighted by atomic mass is 32.2. The molecule has 3 rings (SSSR count). The SMILES string of the molecule is CC1(C)[C@H]2CC[C@]1(CSc1ccccc1)[C@H](O)C2. The summed E-state index contributed by atoms with van der Waals surface area (Å²) in [6.07, 6.45) is 3.43. The highest BCUT2D eigenvalue weighted by Crippen LogP contribution is 2.66. The molecule has 0 heterocycles. The van der Waals surface area contributed by atoms with Gasteiger partial charge < -0.3 is 5.11 Å². The van der Waals surface area contributed by atoms with Crippen molar-refractivity contribution in [1.29, 1.82) is 0 Å². The molecule has 0 amide bonds. The van der Waals surface area contributed by atoms with Crippen molar-refractivity contribution in [2.75, 3.05) is 5.75 Å². The summed E-state index contributed by atoms with van der Waals surface area (Å²) in [7, 11) is 0. The smallest absolute Gasteiger partial charge is 0.0612 e. The maximum absolute atomic E-state index is 10.5. The zero-order valence-electron chi connectivity index (χ0n) is 11.2. The summed E-state index contributed by atoms with van der Waals surface area (Å²) in [6.45, 7) is 4.73. The Bertz CT molecular complexity index is 428. The fraction of sp³-hybridized carbons (Fsp3) is 0.625. The van der Waals surface area contributed by atoms with Crippen LogP contribution in [-0.2, 0) is 0 Å². The van der Waals surface area contributed by atoms with Gasteiger partial charge in [-0.05, 0) is 42.7 Å². The first-order valence-electron chi connectivity index (χ1n) is 6.92. The van der Waals surface area contributed by atoms with Gasteiger partial charge in [-0.25, -0.2) is 0 Å². The van der Waals surface area contributed by atoms with Crippen LogP contribution in [0.4, 0.5) is 0 Å². The standard InChI is InChI=1S/C16H22OS/c1-15(2)12-8-9-16(15,14(17)10-12)11-18-13-6-4-3-5-7-13/h3-7,12,14,17H,8-11H2,1-2H3/t12-,14+,16-/m0/s1. The summed E-state index contributed by atoms with van der Waals surface area (Å²) >= 11 is 1.91. The molecule has 1 N–H and O–H groups in total. The minimum atomic E-state index is -0.0949. The quantitative estimate of drug-likeness (QED) is 0.832. The lowest BCUT2D eigenvalue weighted by atomic mass is 9.70. The van der Waals surface area contributed by atoms with Crippen LogP contribution in [0.1, 0.15) is 33.1 Å². The lowest BCUT2D eigenvalue weighted by Gasteiger charge is -2.40. The minimum absolute atomic E-state index is 0.0949. The fourth-order valence-corrected chi connectivity index (χ4v) is 5.59. The Morgan fingerprint density at radius 1 is 1.28 bits per heavy atom. The predicted molar refractivity (Wildman–Crippen MR) is 76.7 cm³/mol. The molecule has 0 saturated heterocycles. The van der Waals surface area contributed by atoms with Crippen LogP contribution in [0.15, 0.2) is 35.2 Å². The molecule has 2 aliphatic rings. The summed E-state index contributed by atoms with van der Waals surface area (Å²) in [5.41, 5.74) is 0.437. The van der Waals surface area contributed by atoms with Gasteiger partial charge in [0, 0.05) is 16.1 Å². The number of fused-ring (bicyclic) bond motifs is 2. The summed E-state index contributed by atoms with van der Waals surface area (Å²) in [5.74, 6) is 1.78. The van der Waals surface area contributed by atoms with E-state index in [1.807, 2.05) is 11.8 Å². The lowest BCUT2D eigenvalue weighted by Crippen LogP contribution is -2.40. The first-order chi connectivity index (χ1) is 8.56. The normalized spacial score (nSPS) is 37.1. The molecule has 3 atom stereocenters. The van der Waals surface area contributed by atoms with Crippen LogP contribution in [0.5, 0.6) is 0 Å². The summed E-state index contributed by atoms with van der Waals surface area (Å²) in [6, 6.07) is 10.6. The highest BCUT2D eigenvalue weighted by Gasteiger charge is 2.63. The average molecular weight is 262 g/mol. The Labute approximate surface area is 114 Å². The van der Waals surface area contributed by atoms with Gasteiger partial charge in [0.25, 0.3) is 0 Å². The van der Waals surface area contributed by atoms with Crippen molar-refractivity contribution in [2.24, 2.45) is 16.7 Å². The van der Waals surface area contributed by atoms with E-state index in [4.69, 9.17) is 0 Å². The van der Waals surface area contributed by atoms with Gasteiger partial charge in [-0.2, -0.15) is 0 Å². The largest absolute Gasteiger partial charge is 0.392 e. The number of hydrogen-bond donors (Lipinski definition) is 1. The van der Waals surface area contributed by atoms with E-state index in [9.17, 15) is 5.11 Å². The van der Waals surface area contributed by atoms with Gasteiger partial charge in [0.1, 0.15) is 0 Å². The predicted octanol–water partition coefficient (Wildman–Crippen LogP) is 3.97. The maximum Gasteiger partial charge on any atom is 0.0612 e. The maximum atomic E-state index is 10.5. The van der Waals surface area contributed by atoms with Gasteiger partial charge in [0.05, 0.1) is 6.10 Å². The van der Waals surface area contributed by atoms with Gasteiger partial charge in [0.2, 0.25) is 0 Å². The third-order valence-corrected chi connectivity index (χ3v) is 6.89. The molecule has 2 heteroatoms. The Morgan fingerprint density at radius 2 is 2.00 bits per heavy atom. The molecule has 18 heavy (non-hydrogen) atoms. The lowest BCUT2D eigenvalue weighted by molar-refractivity contribution is 0.0168. The summed E-state index contributed by atoms with van der Waals surface area (Å²) < 4.78 is 0. The van der Waals surface area contributed by atoms with Crippen molar-refractivity contribution in [3.8, 4) is 0 Å². The number of rotatable bonds is 3. The van der Waals surface area contributed by atoms with Gasteiger partial charge in [-0.3, -0.25) is 0 Å². The third kappa shape index (κ3) is 1.65. The highest BCUT2D eigenvalue weighted by molar-refractivity contribution is 7.99. The Kier molecular flexibility index (Phi) is 2.98. The molecule has 0 unspecified atom stereocenters. The molecule has 0 aliphatic heterocycles. The molecular formula is C16H22OS. The van der Waals surface area contributed by atoms with Gasteiger partial charge in [0.15, 0.2) is 0 Å². The molecule has 2 bridgehead atoms. The van der Waals surface area contributed by atoms with E-state index >= 15 is 0 Å². The molecule has 2 saturated carbocycles. The second kappa shape index (κ2) is 4.28. The minimum Gasteiger partial charge on any atom is -0.392 e. The van der Waals surface area contributed by atoms with E-state index in [2.05, 4.69) is 44.2 Å².